The standard InChI is InChI=1S/C15H25N3O3/c1-3-5-8-21-9-6-7-17-14-10-13(16-4-2)11-15(12-14)18(19)20/h10-12,16-17H,3-9H2,1-2H3. The number of ether oxygens (including phenoxy) is 1. The molecule has 0 saturated carbocycles. The first-order chi connectivity index (χ1) is 10.2. The van der Waals surface area contributed by atoms with Crippen molar-refractivity contribution in [1.29, 1.82) is 0 Å². The largest absolute Gasteiger partial charge is 0.385 e. The van der Waals surface area contributed by atoms with Gasteiger partial charge in [0.2, 0.25) is 0 Å². The second kappa shape index (κ2) is 9.99. The summed E-state index contributed by atoms with van der Waals surface area (Å²) in [4.78, 5) is 10.5. The Labute approximate surface area is 126 Å². The van der Waals surface area contributed by atoms with E-state index in [0.717, 1.165) is 50.3 Å². The Morgan fingerprint density at radius 2 is 1.76 bits per heavy atom. The molecule has 0 atom stereocenters. The molecule has 0 unspecified atom stereocenters. The van der Waals surface area contributed by atoms with Crippen LogP contribution in [0.25, 0.3) is 0 Å². The van der Waals surface area contributed by atoms with Gasteiger partial charge in [0.25, 0.3) is 5.69 Å². The molecule has 6 heteroatoms. The van der Waals surface area contributed by atoms with Gasteiger partial charge in [-0.1, -0.05) is 13.3 Å². The van der Waals surface area contributed by atoms with Crippen LogP contribution in [0.15, 0.2) is 18.2 Å². The normalized spacial score (nSPS) is 10.4. The van der Waals surface area contributed by atoms with Gasteiger partial charge in [0, 0.05) is 49.8 Å². The Hall–Kier alpha value is -1.82. The van der Waals surface area contributed by atoms with Crippen molar-refractivity contribution in [2.24, 2.45) is 0 Å². The molecular formula is C15H25N3O3. The van der Waals surface area contributed by atoms with Crippen molar-refractivity contribution in [3.05, 3.63) is 28.3 Å². The van der Waals surface area contributed by atoms with Gasteiger partial charge in [-0.25, -0.2) is 0 Å². The second-order valence-corrected chi connectivity index (χ2v) is 4.80. The van der Waals surface area contributed by atoms with Crippen molar-refractivity contribution >= 4 is 17.1 Å². The van der Waals surface area contributed by atoms with E-state index < -0.39 is 0 Å². The molecule has 1 aromatic rings. The molecule has 6 nitrogen and oxygen atoms in total. The maximum absolute atomic E-state index is 10.9. The third kappa shape index (κ3) is 6.94. The molecule has 1 rings (SSSR count). The van der Waals surface area contributed by atoms with E-state index in [9.17, 15) is 10.1 Å². The lowest BCUT2D eigenvalue weighted by Gasteiger charge is -2.10. The molecule has 0 aliphatic rings. The summed E-state index contributed by atoms with van der Waals surface area (Å²) in [6.45, 7) is 7.07. The molecule has 0 bridgehead atoms. The van der Waals surface area contributed by atoms with E-state index in [1.54, 1.807) is 12.1 Å². The summed E-state index contributed by atoms with van der Waals surface area (Å²) >= 11 is 0. The fourth-order valence-corrected chi connectivity index (χ4v) is 1.88. The number of nitro benzene ring substituents is 1. The second-order valence-electron chi connectivity index (χ2n) is 4.80. The minimum absolute atomic E-state index is 0.0927. The summed E-state index contributed by atoms with van der Waals surface area (Å²) in [5, 5.41) is 17.2. The van der Waals surface area contributed by atoms with Crippen molar-refractivity contribution in [2.75, 3.05) is 36.9 Å². The van der Waals surface area contributed by atoms with Crippen LogP contribution >= 0.6 is 0 Å². The molecule has 1 aromatic carbocycles. The Balaban J connectivity index is 2.44. The highest BCUT2D eigenvalue weighted by Crippen LogP contribution is 2.24. The number of unbranched alkanes of at least 4 members (excludes halogenated alkanes) is 1. The number of rotatable bonds is 11. The van der Waals surface area contributed by atoms with Crippen LogP contribution in [-0.2, 0) is 4.74 Å². The molecule has 0 amide bonds. The number of non-ortho nitro benzene ring substituents is 1. The highest BCUT2D eigenvalue weighted by atomic mass is 16.6. The predicted molar refractivity (Wildman–Crippen MR) is 86.1 cm³/mol. The number of hydrogen-bond donors (Lipinski definition) is 2. The van der Waals surface area contributed by atoms with E-state index >= 15 is 0 Å². The SMILES string of the molecule is CCCCOCCCNc1cc(NCC)cc([N+](=O)[O-])c1. The monoisotopic (exact) mass is 295 g/mol. The van der Waals surface area contributed by atoms with Crippen molar-refractivity contribution in [2.45, 2.75) is 33.1 Å². The Bertz CT molecular complexity index is 438. The summed E-state index contributed by atoms with van der Waals surface area (Å²) in [5.74, 6) is 0. The number of hydrogen-bond acceptors (Lipinski definition) is 5. The average Bonchev–Trinajstić information content (AvgIpc) is 2.46. The van der Waals surface area contributed by atoms with Crippen LogP contribution in [0.3, 0.4) is 0 Å². The van der Waals surface area contributed by atoms with Gasteiger partial charge in [-0.05, 0) is 25.8 Å². The van der Waals surface area contributed by atoms with Crippen LogP contribution < -0.4 is 10.6 Å². The van der Waals surface area contributed by atoms with Gasteiger partial charge in [0.1, 0.15) is 0 Å². The summed E-state index contributed by atoms with van der Waals surface area (Å²) in [6, 6.07) is 4.98. The van der Waals surface area contributed by atoms with E-state index in [4.69, 9.17) is 4.74 Å². The van der Waals surface area contributed by atoms with Crippen LogP contribution in [0.4, 0.5) is 17.1 Å². The molecule has 0 aromatic heterocycles. The zero-order valence-electron chi connectivity index (χ0n) is 12.9. The van der Waals surface area contributed by atoms with Crippen molar-refractivity contribution < 1.29 is 9.66 Å². The molecular weight excluding hydrogens is 270 g/mol. The highest BCUT2D eigenvalue weighted by molar-refractivity contribution is 5.63. The zero-order valence-corrected chi connectivity index (χ0v) is 12.9. The number of benzene rings is 1. The Kier molecular flexibility index (Phi) is 8.19. The van der Waals surface area contributed by atoms with Crippen LogP contribution in [0.2, 0.25) is 0 Å². The molecule has 0 spiro atoms. The zero-order chi connectivity index (χ0) is 15.5. The molecule has 118 valence electrons. The third-order valence-electron chi connectivity index (χ3n) is 2.95. The van der Waals surface area contributed by atoms with E-state index in [2.05, 4.69) is 17.6 Å². The van der Waals surface area contributed by atoms with E-state index in [1.807, 2.05) is 13.0 Å². The number of nitrogens with zero attached hydrogens (tertiary/aromatic N) is 1. The van der Waals surface area contributed by atoms with Crippen molar-refractivity contribution in [1.82, 2.24) is 0 Å². The molecule has 0 aliphatic carbocycles. The first kappa shape index (κ1) is 17.2. The maximum Gasteiger partial charge on any atom is 0.273 e. The summed E-state index contributed by atoms with van der Waals surface area (Å²) in [5.41, 5.74) is 1.61. The minimum Gasteiger partial charge on any atom is -0.385 e. The first-order valence-electron chi connectivity index (χ1n) is 7.52. The summed E-state index contributed by atoms with van der Waals surface area (Å²) in [7, 11) is 0. The molecule has 0 aliphatic heterocycles. The molecule has 0 saturated heterocycles. The molecule has 2 N–H and O–H groups in total. The lowest BCUT2D eigenvalue weighted by atomic mass is 10.2. The fraction of sp³-hybridized carbons (Fsp3) is 0.600. The number of nitrogens with one attached hydrogen (secondary N) is 2. The van der Waals surface area contributed by atoms with Gasteiger partial charge in [0.05, 0.1) is 4.92 Å². The molecule has 21 heavy (non-hydrogen) atoms. The Morgan fingerprint density at radius 3 is 2.38 bits per heavy atom. The van der Waals surface area contributed by atoms with Gasteiger partial charge in [-0.2, -0.15) is 0 Å². The maximum atomic E-state index is 10.9. The average molecular weight is 295 g/mol. The van der Waals surface area contributed by atoms with Crippen LogP contribution in [-0.4, -0.2) is 31.2 Å². The number of nitro groups is 1. The van der Waals surface area contributed by atoms with Gasteiger partial charge in [-0.3, -0.25) is 10.1 Å². The van der Waals surface area contributed by atoms with E-state index in [-0.39, 0.29) is 10.6 Å². The smallest absolute Gasteiger partial charge is 0.273 e. The topological polar surface area (TPSA) is 76.4 Å². The van der Waals surface area contributed by atoms with Crippen LogP contribution in [0.1, 0.15) is 33.1 Å². The van der Waals surface area contributed by atoms with Crippen LogP contribution in [0.5, 0.6) is 0 Å². The fourth-order valence-electron chi connectivity index (χ4n) is 1.88. The van der Waals surface area contributed by atoms with Gasteiger partial charge >= 0.3 is 0 Å². The minimum atomic E-state index is -0.375. The Morgan fingerprint density at radius 1 is 1.10 bits per heavy atom. The first-order valence-corrected chi connectivity index (χ1v) is 7.52. The molecule has 0 radical (unpaired) electrons. The van der Waals surface area contributed by atoms with Gasteiger partial charge in [0.15, 0.2) is 0 Å². The van der Waals surface area contributed by atoms with Crippen LogP contribution in [0, 0.1) is 10.1 Å². The van der Waals surface area contributed by atoms with E-state index in [1.165, 1.54) is 0 Å². The van der Waals surface area contributed by atoms with Crippen molar-refractivity contribution in [3.8, 4) is 0 Å². The van der Waals surface area contributed by atoms with Crippen molar-refractivity contribution in [3.63, 3.8) is 0 Å². The number of anilines is 2. The molecule has 0 heterocycles. The van der Waals surface area contributed by atoms with Gasteiger partial charge < -0.3 is 15.4 Å². The predicted octanol–water partition coefficient (Wildman–Crippen LogP) is 3.65. The third-order valence-corrected chi connectivity index (χ3v) is 2.95. The lowest BCUT2D eigenvalue weighted by Crippen LogP contribution is -2.07. The summed E-state index contributed by atoms with van der Waals surface area (Å²) < 4.78 is 5.48. The summed E-state index contributed by atoms with van der Waals surface area (Å²) in [6.07, 6.45) is 3.10. The molecule has 0 fully saturated rings. The van der Waals surface area contributed by atoms with Gasteiger partial charge in [-0.15, -0.1) is 0 Å². The highest BCUT2D eigenvalue weighted by Gasteiger charge is 2.09. The lowest BCUT2D eigenvalue weighted by molar-refractivity contribution is -0.384. The van der Waals surface area contributed by atoms with E-state index in [0.29, 0.717) is 6.61 Å². The quantitative estimate of drug-likeness (QED) is 0.370.